The normalized spacial score (nSPS) is 15.4. The van der Waals surface area contributed by atoms with Crippen LogP contribution in [0.25, 0.3) is 21.0 Å². The van der Waals surface area contributed by atoms with E-state index in [1.54, 1.807) is 17.0 Å². The van der Waals surface area contributed by atoms with Crippen LogP contribution >= 0.6 is 11.3 Å². The largest absolute Gasteiger partial charge is 0.448 e. The summed E-state index contributed by atoms with van der Waals surface area (Å²) in [7, 11) is 0. The minimum Gasteiger partial charge on any atom is -0.448 e. The number of hydrogen-bond acceptors (Lipinski definition) is 6. The molecule has 0 aliphatic carbocycles. The van der Waals surface area contributed by atoms with Crippen LogP contribution in [0, 0.1) is 0 Å². The number of hydrogen-bond donors (Lipinski definition) is 1. The number of ether oxygens (including phenoxy) is 1. The third-order valence-electron chi connectivity index (χ3n) is 4.82. The van der Waals surface area contributed by atoms with Gasteiger partial charge >= 0.3 is 6.09 Å². The summed E-state index contributed by atoms with van der Waals surface area (Å²) in [6, 6.07) is 11.3. The van der Waals surface area contributed by atoms with Crippen molar-refractivity contribution in [2.24, 2.45) is 0 Å². The molecule has 2 aromatic heterocycles. The van der Waals surface area contributed by atoms with Crippen LogP contribution in [-0.4, -0.2) is 46.6 Å². The maximum absolute atomic E-state index is 12.6. The number of para-hydroxylation sites is 1. The first-order valence-electron chi connectivity index (χ1n) is 10.0. The van der Waals surface area contributed by atoms with Crippen molar-refractivity contribution in [1.82, 2.24) is 15.2 Å². The van der Waals surface area contributed by atoms with Gasteiger partial charge in [0, 0.05) is 19.1 Å². The number of carbonyl (C=O) groups is 2. The van der Waals surface area contributed by atoms with Crippen molar-refractivity contribution in [2.45, 2.75) is 45.3 Å². The summed E-state index contributed by atoms with van der Waals surface area (Å²) in [6.07, 6.45) is 1.05. The van der Waals surface area contributed by atoms with Gasteiger partial charge in [0.25, 0.3) is 5.91 Å². The van der Waals surface area contributed by atoms with Crippen LogP contribution in [0.5, 0.6) is 0 Å². The lowest BCUT2D eigenvalue weighted by molar-refractivity contribution is 0.0199. The molecule has 1 aliphatic heterocycles. The van der Waals surface area contributed by atoms with E-state index in [0.717, 1.165) is 15.2 Å². The number of furan rings is 1. The third kappa shape index (κ3) is 4.64. The molecule has 4 rings (SSSR count). The number of benzene rings is 1. The van der Waals surface area contributed by atoms with E-state index in [-0.39, 0.29) is 23.8 Å². The Bertz CT molecular complexity index is 1020. The van der Waals surface area contributed by atoms with Crippen LogP contribution < -0.4 is 5.32 Å². The van der Waals surface area contributed by atoms with E-state index in [1.807, 2.05) is 45.0 Å². The molecule has 1 N–H and O–H groups in total. The molecule has 1 fully saturated rings. The minimum atomic E-state index is -0.511. The number of fused-ring (bicyclic) bond motifs is 1. The highest BCUT2D eigenvalue weighted by molar-refractivity contribution is 7.21. The molecule has 158 valence electrons. The molecule has 3 heterocycles. The summed E-state index contributed by atoms with van der Waals surface area (Å²) in [5, 5.41) is 3.76. The van der Waals surface area contributed by atoms with E-state index in [2.05, 4.69) is 10.3 Å². The lowest BCUT2D eigenvalue weighted by Crippen LogP contribution is -2.47. The van der Waals surface area contributed by atoms with Crippen molar-refractivity contribution < 1.29 is 18.7 Å². The SMILES string of the molecule is CC(C)(C)OC(=O)N1CCC(NC(=O)c2ccc(-c3nc4ccccc4s3)o2)CC1. The van der Waals surface area contributed by atoms with Gasteiger partial charge in [0.15, 0.2) is 16.5 Å². The van der Waals surface area contributed by atoms with E-state index in [9.17, 15) is 9.59 Å². The van der Waals surface area contributed by atoms with Gasteiger partial charge in [-0.15, -0.1) is 11.3 Å². The number of amides is 2. The van der Waals surface area contributed by atoms with Crippen LogP contribution in [-0.2, 0) is 4.74 Å². The Morgan fingerprint density at radius 1 is 1.17 bits per heavy atom. The molecular formula is C22H25N3O4S. The molecule has 0 saturated carbocycles. The van der Waals surface area contributed by atoms with Crippen LogP contribution in [0.15, 0.2) is 40.8 Å². The molecule has 3 aromatic rings. The first-order valence-corrected chi connectivity index (χ1v) is 10.8. The first kappa shape index (κ1) is 20.4. The number of nitrogens with zero attached hydrogens (tertiary/aromatic N) is 2. The van der Waals surface area contributed by atoms with Crippen LogP contribution in [0.1, 0.15) is 44.2 Å². The maximum Gasteiger partial charge on any atom is 0.410 e. The summed E-state index contributed by atoms with van der Waals surface area (Å²) in [6.45, 7) is 6.65. The zero-order valence-electron chi connectivity index (χ0n) is 17.3. The predicted molar refractivity (Wildman–Crippen MR) is 116 cm³/mol. The van der Waals surface area contributed by atoms with E-state index in [0.29, 0.717) is 31.7 Å². The number of aromatic nitrogens is 1. The highest BCUT2D eigenvalue weighted by atomic mass is 32.1. The minimum absolute atomic E-state index is 0.00723. The molecular weight excluding hydrogens is 402 g/mol. The molecule has 7 nitrogen and oxygen atoms in total. The van der Waals surface area contributed by atoms with Gasteiger partial charge < -0.3 is 19.4 Å². The Morgan fingerprint density at radius 2 is 1.90 bits per heavy atom. The Labute approximate surface area is 179 Å². The van der Waals surface area contributed by atoms with Crippen molar-refractivity contribution in [3.63, 3.8) is 0 Å². The average molecular weight is 428 g/mol. The molecule has 0 atom stereocenters. The molecule has 1 saturated heterocycles. The number of carbonyl (C=O) groups excluding carboxylic acids is 2. The van der Waals surface area contributed by atoms with Gasteiger partial charge in [-0.05, 0) is 57.9 Å². The van der Waals surface area contributed by atoms with Gasteiger partial charge in [-0.3, -0.25) is 4.79 Å². The highest BCUT2D eigenvalue weighted by Gasteiger charge is 2.28. The van der Waals surface area contributed by atoms with Gasteiger partial charge in [-0.2, -0.15) is 0 Å². The highest BCUT2D eigenvalue weighted by Crippen LogP contribution is 2.31. The fraction of sp³-hybridized carbons (Fsp3) is 0.409. The number of thiazole rings is 1. The number of nitrogens with one attached hydrogen (secondary N) is 1. The second-order valence-electron chi connectivity index (χ2n) is 8.37. The zero-order chi connectivity index (χ0) is 21.3. The second kappa shape index (κ2) is 8.10. The zero-order valence-corrected chi connectivity index (χ0v) is 18.1. The van der Waals surface area contributed by atoms with Gasteiger partial charge in [0.2, 0.25) is 0 Å². The Morgan fingerprint density at radius 3 is 2.60 bits per heavy atom. The summed E-state index contributed by atoms with van der Waals surface area (Å²) < 4.78 is 12.3. The fourth-order valence-corrected chi connectivity index (χ4v) is 4.27. The molecule has 8 heteroatoms. The van der Waals surface area contributed by atoms with Crippen LogP contribution in [0.2, 0.25) is 0 Å². The molecule has 30 heavy (non-hydrogen) atoms. The van der Waals surface area contributed by atoms with Gasteiger partial charge in [0.1, 0.15) is 5.60 Å². The van der Waals surface area contributed by atoms with Crippen LogP contribution in [0.3, 0.4) is 0 Å². The predicted octanol–water partition coefficient (Wildman–Crippen LogP) is 4.69. The van der Waals surface area contributed by atoms with E-state index >= 15 is 0 Å². The lowest BCUT2D eigenvalue weighted by Gasteiger charge is -2.33. The van der Waals surface area contributed by atoms with Gasteiger partial charge in [-0.25, -0.2) is 9.78 Å². The molecule has 0 spiro atoms. The standard InChI is InChI=1S/C22H25N3O4S/c1-22(2,3)29-21(27)25-12-10-14(11-13-25)23-19(26)16-8-9-17(28-16)20-24-15-6-4-5-7-18(15)30-20/h4-9,14H,10-13H2,1-3H3,(H,23,26). The summed E-state index contributed by atoms with van der Waals surface area (Å²) >= 11 is 1.53. The second-order valence-corrected chi connectivity index (χ2v) is 9.40. The van der Waals surface area contributed by atoms with Crippen molar-refractivity contribution in [3.8, 4) is 10.8 Å². The maximum atomic E-state index is 12.6. The monoisotopic (exact) mass is 427 g/mol. The molecule has 0 radical (unpaired) electrons. The molecule has 2 amide bonds. The van der Waals surface area contributed by atoms with Crippen molar-refractivity contribution >= 4 is 33.6 Å². The number of rotatable bonds is 3. The summed E-state index contributed by atoms with van der Waals surface area (Å²) in [5.41, 5.74) is 0.402. The number of likely N-dealkylation sites (tertiary alicyclic amines) is 1. The van der Waals surface area contributed by atoms with Crippen LogP contribution in [0.4, 0.5) is 4.79 Å². The van der Waals surface area contributed by atoms with Crippen molar-refractivity contribution in [3.05, 3.63) is 42.2 Å². The molecule has 1 aliphatic rings. The van der Waals surface area contributed by atoms with Gasteiger partial charge in [-0.1, -0.05) is 12.1 Å². The number of piperidine rings is 1. The quantitative estimate of drug-likeness (QED) is 0.656. The fourth-order valence-electron chi connectivity index (χ4n) is 3.34. The Kier molecular flexibility index (Phi) is 5.51. The van der Waals surface area contributed by atoms with E-state index in [4.69, 9.17) is 9.15 Å². The molecule has 0 bridgehead atoms. The summed E-state index contributed by atoms with van der Waals surface area (Å²) in [4.78, 5) is 31.0. The van der Waals surface area contributed by atoms with E-state index in [1.165, 1.54) is 11.3 Å². The topological polar surface area (TPSA) is 84.7 Å². The first-order chi connectivity index (χ1) is 14.3. The van der Waals surface area contributed by atoms with Crippen molar-refractivity contribution in [2.75, 3.05) is 13.1 Å². The molecule has 1 aromatic carbocycles. The third-order valence-corrected chi connectivity index (χ3v) is 5.87. The molecule has 0 unspecified atom stereocenters. The van der Waals surface area contributed by atoms with Crippen molar-refractivity contribution in [1.29, 1.82) is 0 Å². The smallest absolute Gasteiger partial charge is 0.410 e. The van der Waals surface area contributed by atoms with Gasteiger partial charge in [0.05, 0.1) is 10.2 Å². The lowest BCUT2D eigenvalue weighted by atomic mass is 10.1. The Balaban J connectivity index is 1.33. The summed E-state index contributed by atoms with van der Waals surface area (Å²) in [5.74, 6) is 0.595. The average Bonchev–Trinajstić information content (AvgIpc) is 3.34. The Hall–Kier alpha value is -2.87. The van der Waals surface area contributed by atoms with E-state index < -0.39 is 5.60 Å².